The highest BCUT2D eigenvalue weighted by Crippen LogP contribution is 2.36. The maximum Gasteiger partial charge on any atom is 0.122 e. The average Bonchev–Trinajstić information content (AvgIpc) is 2.19. The van der Waals surface area contributed by atoms with Crippen LogP contribution in [0, 0.1) is 20.8 Å². The van der Waals surface area contributed by atoms with Gasteiger partial charge in [-0.3, -0.25) is 0 Å². The molecule has 14 heavy (non-hydrogen) atoms. The summed E-state index contributed by atoms with van der Waals surface area (Å²) < 4.78 is 0. The van der Waals surface area contributed by atoms with E-state index in [1.807, 2.05) is 20.8 Å². The molecule has 1 rings (SSSR count). The van der Waals surface area contributed by atoms with Crippen LogP contribution in [0.15, 0.2) is 0 Å². The molecule has 0 radical (unpaired) electrons. The Labute approximate surface area is 85.2 Å². The van der Waals surface area contributed by atoms with E-state index in [0.717, 1.165) is 35.1 Å². The van der Waals surface area contributed by atoms with E-state index in [0.29, 0.717) is 11.5 Å². The highest BCUT2D eigenvalue weighted by atomic mass is 16.3. The summed E-state index contributed by atoms with van der Waals surface area (Å²) in [5.41, 5.74) is 3.26. The molecule has 0 unspecified atom stereocenters. The van der Waals surface area contributed by atoms with Gasteiger partial charge in [0.15, 0.2) is 0 Å². The molecule has 1 aromatic carbocycles. The smallest absolute Gasteiger partial charge is 0.122 e. The van der Waals surface area contributed by atoms with Crippen molar-refractivity contribution in [3.63, 3.8) is 0 Å². The number of rotatable bonds is 2. The van der Waals surface area contributed by atoms with Crippen LogP contribution in [0.5, 0.6) is 11.5 Å². The molecule has 1 aromatic rings. The first-order chi connectivity index (χ1) is 6.50. The highest BCUT2D eigenvalue weighted by molar-refractivity contribution is 5.56. The van der Waals surface area contributed by atoms with Crippen molar-refractivity contribution in [2.24, 2.45) is 0 Å². The van der Waals surface area contributed by atoms with E-state index in [2.05, 4.69) is 6.92 Å². The lowest BCUT2D eigenvalue weighted by molar-refractivity contribution is 0.443. The molecule has 2 nitrogen and oxygen atoms in total. The number of phenols is 2. The van der Waals surface area contributed by atoms with Crippen molar-refractivity contribution in [2.75, 3.05) is 0 Å². The number of benzene rings is 1. The number of aromatic hydroxyl groups is 2. The van der Waals surface area contributed by atoms with Gasteiger partial charge >= 0.3 is 0 Å². The minimum absolute atomic E-state index is 0.323. The Balaban J connectivity index is 3.43. The van der Waals surface area contributed by atoms with E-state index in [-0.39, 0.29) is 0 Å². The Hall–Kier alpha value is -1.18. The summed E-state index contributed by atoms with van der Waals surface area (Å²) in [6.45, 7) is 7.58. The molecule has 0 bridgehead atoms. The van der Waals surface area contributed by atoms with Gasteiger partial charge in [-0.2, -0.15) is 0 Å². The molecule has 0 fully saturated rings. The maximum absolute atomic E-state index is 9.90. The van der Waals surface area contributed by atoms with Gasteiger partial charge in [-0.05, 0) is 43.9 Å². The molecular weight excluding hydrogens is 176 g/mol. The first-order valence-corrected chi connectivity index (χ1v) is 5.01. The molecule has 0 amide bonds. The van der Waals surface area contributed by atoms with E-state index in [1.165, 1.54) is 0 Å². The Bertz CT molecular complexity index is 325. The molecule has 0 aliphatic rings. The molecule has 78 valence electrons. The summed E-state index contributed by atoms with van der Waals surface area (Å²) in [5.74, 6) is 0.670. The zero-order valence-corrected chi connectivity index (χ0v) is 9.31. The minimum atomic E-state index is 0.323. The van der Waals surface area contributed by atoms with Crippen LogP contribution >= 0.6 is 0 Å². The number of hydrogen-bond donors (Lipinski definition) is 2. The lowest BCUT2D eigenvalue weighted by Gasteiger charge is -2.15. The molecular formula is C12H18O2. The lowest BCUT2D eigenvalue weighted by atomic mass is 9.95. The third-order valence-corrected chi connectivity index (χ3v) is 2.87. The highest BCUT2D eigenvalue weighted by Gasteiger charge is 2.15. The van der Waals surface area contributed by atoms with Crippen molar-refractivity contribution in [3.05, 3.63) is 22.3 Å². The first kappa shape index (κ1) is 10.9. The van der Waals surface area contributed by atoms with Gasteiger partial charge in [-0.15, -0.1) is 0 Å². The summed E-state index contributed by atoms with van der Waals surface area (Å²) in [6.07, 6.45) is 1.78. The SMILES string of the molecule is CCCc1c(C)c(O)c(C)c(C)c1O. The van der Waals surface area contributed by atoms with Crippen LogP contribution in [0.1, 0.15) is 35.6 Å². The molecule has 0 spiro atoms. The van der Waals surface area contributed by atoms with Gasteiger partial charge in [-0.1, -0.05) is 13.3 Å². The van der Waals surface area contributed by atoms with Crippen molar-refractivity contribution in [2.45, 2.75) is 40.5 Å². The van der Waals surface area contributed by atoms with E-state index in [9.17, 15) is 10.2 Å². The third-order valence-electron chi connectivity index (χ3n) is 2.87. The Kier molecular flexibility index (Phi) is 3.04. The molecule has 0 aromatic heterocycles. The summed E-state index contributed by atoms with van der Waals surface area (Å²) in [7, 11) is 0. The first-order valence-electron chi connectivity index (χ1n) is 5.01. The minimum Gasteiger partial charge on any atom is -0.507 e. The van der Waals surface area contributed by atoms with E-state index in [1.54, 1.807) is 0 Å². The van der Waals surface area contributed by atoms with Crippen molar-refractivity contribution in [1.82, 2.24) is 0 Å². The van der Waals surface area contributed by atoms with E-state index >= 15 is 0 Å². The third kappa shape index (κ3) is 1.57. The summed E-state index contributed by atoms with van der Waals surface area (Å²) in [6, 6.07) is 0. The zero-order valence-electron chi connectivity index (χ0n) is 9.31. The maximum atomic E-state index is 9.90. The molecule has 2 N–H and O–H groups in total. The van der Waals surface area contributed by atoms with E-state index < -0.39 is 0 Å². The molecule has 0 atom stereocenters. The van der Waals surface area contributed by atoms with Crippen LogP contribution in [-0.2, 0) is 6.42 Å². The van der Waals surface area contributed by atoms with Gasteiger partial charge in [0, 0.05) is 5.56 Å². The van der Waals surface area contributed by atoms with Crippen molar-refractivity contribution in [1.29, 1.82) is 0 Å². The largest absolute Gasteiger partial charge is 0.507 e. The van der Waals surface area contributed by atoms with Crippen molar-refractivity contribution < 1.29 is 10.2 Å². The normalized spacial score (nSPS) is 10.6. The fourth-order valence-electron chi connectivity index (χ4n) is 1.74. The van der Waals surface area contributed by atoms with Gasteiger partial charge in [0.25, 0.3) is 0 Å². The predicted octanol–water partition coefficient (Wildman–Crippen LogP) is 2.98. The topological polar surface area (TPSA) is 40.5 Å². The lowest BCUT2D eigenvalue weighted by Crippen LogP contribution is -1.96. The summed E-state index contributed by atoms with van der Waals surface area (Å²) >= 11 is 0. The van der Waals surface area contributed by atoms with Crippen LogP contribution in [0.4, 0.5) is 0 Å². The van der Waals surface area contributed by atoms with Gasteiger partial charge in [0.1, 0.15) is 11.5 Å². The second kappa shape index (κ2) is 3.91. The van der Waals surface area contributed by atoms with Gasteiger partial charge in [0.05, 0.1) is 0 Å². The zero-order chi connectivity index (χ0) is 10.9. The fourth-order valence-corrected chi connectivity index (χ4v) is 1.74. The van der Waals surface area contributed by atoms with Gasteiger partial charge in [-0.25, -0.2) is 0 Å². The van der Waals surface area contributed by atoms with Crippen LogP contribution in [0.3, 0.4) is 0 Å². The van der Waals surface area contributed by atoms with Crippen LogP contribution in [0.2, 0.25) is 0 Å². The van der Waals surface area contributed by atoms with Crippen LogP contribution < -0.4 is 0 Å². The molecule has 0 saturated carbocycles. The summed E-state index contributed by atoms with van der Waals surface area (Å²) in [5, 5.41) is 19.7. The molecule has 0 heterocycles. The molecule has 0 aliphatic heterocycles. The van der Waals surface area contributed by atoms with Crippen molar-refractivity contribution >= 4 is 0 Å². The number of phenolic OH excluding ortho intramolecular Hbond substituents is 2. The average molecular weight is 194 g/mol. The monoisotopic (exact) mass is 194 g/mol. The molecule has 0 saturated heterocycles. The standard InChI is InChI=1S/C12H18O2/c1-5-6-10-9(4)11(13)7(2)8(3)12(10)14/h13-14H,5-6H2,1-4H3. The van der Waals surface area contributed by atoms with Gasteiger partial charge < -0.3 is 10.2 Å². The molecule has 0 aliphatic carbocycles. The Morgan fingerprint density at radius 3 is 1.86 bits per heavy atom. The fraction of sp³-hybridized carbons (Fsp3) is 0.500. The van der Waals surface area contributed by atoms with Crippen LogP contribution in [-0.4, -0.2) is 10.2 Å². The second-order valence-corrected chi connectivity index (χ2v) is 3.80. The quantitative estimate of drug-likeness (QED) is 0.710. The number of hydrogen-bond acceptors (Lipinski definition) is 2. The van der Waals surface area contributed by atoms with E-state index in [4.69, 9.17) is 0 Å². The predicted molar refractivity (Wildman–Crippen MR) is 58.0 cm³/mol. The summed E-state index contributed by atoms with van der Waals surface area (Å²) in [4.78, 5) is 0. The van der Waals surface area contributed by atoms with Crippen molar-refractivity contribution in [3.8, 4) is 11.5 Å². The van der Waals surface area contributed by atoms with Gasteiger partial charge in [0.2, 0.25) is 0 Å². The van der Waals surface area contributed by atoms with Crippen LogP contribution in [0.25, 0.3) is 0 Å². The molecule has 2 heteroatoms. The Morgan fingerprint density at radius 1 is 0.857 bits per heavy atom. The Morgan fingerprint density at radius 2 is 1.36 bits per heavy atom. The second-order valence-electron chi connectivity index (χ2n) is 3.80.